The Balaban J connectivity index is 2.04. The molecular formula is C18H21BrF2O. The van der Waals surface area contributed by atoms with Gasteiger partial charge in [-0.1, -0.05) is 62.6 Å². The maximum atomic E-state index is 14.5. The molecule has 1 aliphatic carbocycles. The Morgan fingerprint density at radius 3 is 2.59 bits per heavy atom. The van der Waals surface area contributed by atoms with E-state index in [2.05, 4.69) is 22.9 Å². The van der Waals surface area contributed by atoms with Crippen molar-refractivity contribution in [3.05, 3.63) is 53.9 Å². The highest BCUT2D eigenvalue weighted by Gasteiger charge is 2.42. The van der Waals surface area contributed by atoms with Crippen LogP contribution in [0.5, 0.6) is 0 Å². The quantitative estimate of drug-likeness (QED) is 0.424. The van der Waals surface area contributed by atoms with Gasteiger partial charge in [0.05, 0.1) is 0 Å². The van der Waals surface area contributed by atoms with Gasteiger partial charge in [-0.25, -0.2) is 8.78 Å². The maximum Gasteiger partial charge on any atom is 0.194 e. The van der Waals surface area contributed by atoms with Gasteiger partial charge in [0.1, 0.15) is 5.83 Å². The van der Waals surface area contributed by atoms with Gasteiger partial charge >= 0.3 is 0 Å². The first-order chi connectivity index (χ1) is 10.6. The molecule has 1 nitrogen and oxygen atoms in total. The molecule has 0 saturated heterocycles. The van der Waals surface area contributed by atoms with Gasteiger partial charge in [0.2, 0.25) is 0 Å². The second-order valence-corrected chi connectivity index (χ2v) is 6.67. The average Bonchev–Trinajstić information content (AvgIpc) is 2.54. The van der Waals surface area contributed by atoms with Crippen LogP contribution in [-0.4, -0.2) is 17.3 Å². The van der Waals surface area contributed by atoms with Crippen LogP contribution in [0.2, 0.25) is 0 Å². The summed E-state index contributed by atoms with van der Waals surface area (Å²) in [5, 5.41) is 0. The van der Waals surface area contributed by atoms with Crippen LogP contribution in [-0.2, 0) is 4.74 Å². The van der Waals surface area contributed by atoms with Crippen molar-refractivity contribution in [3.63, 3.8) is 0 Å². The number of unbranched alkanes of at least 4 members (excludes halogenated alkanes) is 3. The van der Waals surface area contributed by atoms with Crippen LogP contribution in [0.1, 0.15) is 38.2 Å². The Hall–Kier alpha value is -1.00. The van der Waals surface area contributed by atoms with Gasteiger partial charge in [0, 0.05) is 12.2 Å². The highest BCUT2D eigenvalue weighted by Crippen LogP contribution is 2.41. The Labute approximate surface area is 139 Å². The van der Waals surface area contributed by atoms with Crippen molar-refractivity contribution in [2.24, 2.45) is 0 Å². The predicted octanol–water partition coefficient (Wildman–Crippen LogP) is 5.96. The highest BCUT2D eigenvalue weighted by atomic mass is 79.9. The third-order valence-corrected chi connectivity index (χ3v) is 4.60. The first-order valence-electron chi connectivity index (χ1n) is 7.69. The molecule has 120 valence electrons. The van der Waals surface area contributed by atoms with Crippen LogP contribution in [0.3, 0.4) is 0 Å². The third kappa shape index (κ3) is 4.05. The van der Waals surface area contributed by atoms with Crippen molar-refractivity contribution < 1.29 is 13.5 Å². The number of halogens is 3. The Kier molecular flexibility index (Phi) is 6.33. The van der Waals surface area contributed by atoms with Crippen LogP contribution in [0.25, 0.3) is 5.57 Å². The smallest absolute Gasteiger partial charge is 0.194 e. The molecule has 22 heavy (non-hydrogen) atoms. The lowest BCUT2D eigenvalue weighted by molar-refractivity contribution is 0.0110. The molecule has 0 amide bonds. The summed E-state index contributed by atoms with van der Waals surface area (Å²) in [6, 6.07) is 8.97. The number of hydrogen-bond donors (Lipinski definition) is 0. The number of hydrogen-bond acceptors (Lipinski definition) is 1. The largest absolute Gasteiger partial charge is 0.356 e. The van der Waals surface area contributed by atoms with Crippen LogP contribution >= 0.6 is 15.9 Å². The zero-order valence-electron chi connectivity index (χ0n) is 12.7. The number of ether oxygens (including phenoxy) is 1. The number of benzene rings is 1. The van der Waals surface area contributed by atoms with E-state index < -0.39 is 16.5 Å². The van der Waals surface area contributed by atoms with E-state index in [1.54, 1.807) is 36.4 Å². The molecule has 2 atom stereocenters. The summed E-state index contributed by atoms with van der Waals surface area (Å²) in [4.78, 5) is 0. The van der Waals surface area contributed by atoms with E-state index in [1.165, 1.54) is 0 Å². The lowest BCUT2D eigenvalue weighted by Crippen LogP contribution is -2.37. The summed E-state index contributed by atoms with van der Waals surface area (Å²) >= 11 is 3.21. The summed E-state index contributed by atoms with van der Waals surface area (Å²) in [5.74, 6) is -0.792. The summed E-state index contributed by atoms with van der Waals surface area (Å²) in [5.41, 5.74) is 0.939. The van der Waals surface area contributed by atoms with Crippen molar-refractivity contribution in [1.29, 1.82) is 0 Å². The van der Waals surface area contributed by atoms with E-state index in [9.17, 15) is 8.78 Å². The minimum absolute atomic E-state index is 0.276. The maximum absolute atomic E-state index is 14.5. The molecule has 1 aromatic carbocycles. The normalized spacial score (nSPS) is 24.8. The summed E-state index contributed by atoms with van der Waals surface area (Å²) in [7, 11) is 0. The lowest BCUT2D eigenvalue weighted by atomic mass is 9.96. The second kappa shape index (κ2) is 8.02. The third-order valence-electron chi connectivity index (χ3n) is 3.71. The van der Waals surface area contributed by atoms with Gasteiger partial charge in [0.15, 0.2) is 10.7 Å². The Morgan fingerprint density at radius 2 is 1.91 bits per heavy atom. The molecule has 1 aromatic rings. The molecule has 2 rings (SSSR count). The average molecular weight is 371 g/mol. The molecule has 0 saturated carbocycles. The molecule has 0 radical (unpaired) electrons. The van der Waals surface area contributed by atoms with E-state index in [0.717, 1.165) is 25.7 Å². The standard InChI is InChI=1S/C18H21BrF2O/c1-2-3-4-8-13-22-18(19)12-11-15(16(20)17(18)21)14-9-6-5-7-10-14/h5-7,9-12,17H,2-4,8,13H2,1H3. The van der Waals surface area contributed by atoms with Crippen LogP contribution in [0.4, 0.5) is 8.78 Å². The molecule has 0 N–H and O–H groups in total. The monoisotopic (exact) mass is 370 g/mol. The molecule has 2 unspecified atom stereocenters. The minimum Gasteiger partial charge on any atom is -0.356 e. The van der Waals surface area contributed by atoms with Crippen molar-refractivity contribution in [1.82, 2.24) is 0 Å². The fourth-order valence-electron chi connectivity index (χ4n) is 2.40. The zero-order chi connectivity index (χ0) is 16.0. The minimum atomic E-state index is -1.85. The molecular weight excluding hydrogens is 350 g/mol. The highest BCUT2D eigenvalue weighted by molar-refractivity contribution is 9.10. The van der Waals surface area contributed by atoms with Crippen LogP contribution < -0.4 is 0 Å². The fourth-order valence-corrected chi connectivity index (χ4v) is 2.90. The van der Waals surface area contributed by atoms with E-state index in [4.69, 9.17) is 4.74 Å². The summed E-state index contributed by atoms with van der Waals surface area (Å²) in [6.45, 7) is 2.53. The van der Waals surface area contributed by atoms with E-state index in [0.29, 0.717) is 12.2 Å². The summed E-state index contributed by atoms with van der Waals surface area (Å²) < 4.78 is 33.0. The zero-order valence-corrected chi connectivity index (χ0v) is 14.3. The van der Waals surface area contributed by atoms with Crippen molar-refractivity contribution in [3.8, 4) is 0 Å². The summed E-state index contributed by atoms with van der Waals surface area (Å²) in [6.07, 6.45) is 5.43. The van der Waals surface area contributed by atoms with E-state index in [-0.39, 0.29) is 5.57 Å². The number of allylic oxidation sites excluding steroid dienone is 2. The molecule has 0 heterocycles. The molecule has 0 aliphatic heterocycles. The first kappa shape index (κ1) is 17.4. The second-order valence-electron chi connectivity index (χ2n) is 5.43. The molecule has 0 spiro atoms. The van der Waals surface area contributed by atoms with Crippen molar-refractivity contribution >= 4 is 21.5 Å². The van der Waals surface area contributed by atoms with Gasteiger partial charge in [0.25, 0.3) is 0 Å². The molecule has 0 aromatic heterocycles. The van der Waals surface area contributed by atoms with Crippen LogP contribution in [0.15, 0.2) is 48.3 Å². The van der Waals surface area contributed by atoms with Gasteiger partial charge in [-0.3, -0.25) is 0 Å². The van der Waals surface area contributed by atoms with Gasteiger partial charge in [-0.2, -0.15) is 0 Å². The molecule has 4 heteroatoms. The van der Waals surface area contributed by atoms with Crippen molar-refractivity contribution in [2.75, 3.05) is 6.61 Å². The SMILES string of the molecule is CCCCCCOC1(Br)C=CC(c2ccccc2)=C(F)C1F. The van der Waals surface area contributed by atoms with Crippen molar-refractivity contribution in [2.45, 2.75) is 43.3 Å². The predicted molar refractivity (Wildman–Crippen MR) is 90.3 cm³/mol. The molecule has 0 bridgehead atoms. The number of rotatable bonds is 7. The van der Waals surface area contributed by atoms with Gasteiger partial charge < -0.3 is 4.74 Å². The first-order valence-corrected chi connectivity index (χ1v) is 8.49. The van der Waals surface area contributed by atoms with E-state index in [1.807, 2.05) is 6.07 Å². The molecule has 1 aliphatic rings. The topological polar surface area (TPSA) is 9.23 Å². The lowest BCUT2D eigenvalue weighted by Gasteiger charge is -2.31. The van der Waals surface area contributed by atoms with Gasteiger partial charge in [-0.05, 0) is 34.0 Å². The van der Waals surface area contributed by atoms with Gasteiger partial charge in [-0.15, -0.1) is 0 Å². The number of alkyl halides is 2. The molecule has 0 fully saturated rings. The fraction of sp³-hybridized carbons (Fsp3) is 0.444. The Bertz CT molecular complexity index is 541. The Morgan fingerprint density at radius 1 is 1.18 bits per heavy atom. The van der Waals surface area contributed by atoms with E-state index >= 15 is 0 Å². The van der Waals surface area contributed by atoms with Crippen LogP contribution in [0, 0.1) is 0 Å².